The molecule has 3 N–H and O–H groups in total. The standard InChI is InChI=1S/C15H18BrN3O/c1-3-19-9-13(17)8-14(19)15(20)18-10(2)11-4-6-12(16)7-5-11/h4-10H,3,17H2,1-2H3,(H,18,20)/t10-/m1/s1. The van der Waals surface area contributed by atoms with Crippen LogP contribution in [0.4, 0.5) is 5.69 Å². The number of aryl methyl sites for hydroxylation is 1. The molecule has 0 spiro atoms. The fourth-order valence-corrected chi connectivity index (χ4v) is 2.35. The van der Waals surface area contributed by atoms with E-state index in [0.717, 1.165) is 10.0 Å². The van der Waals surface area contributed by atoms with Crippen molar-refractivity contribution in [1.82, 2.24) is 9.88 Å². The van der Waals surface area contributed by atoms with E-state index in [-0.39, 0.29) is 11.9 Å². The van der Waals surface area contributed by atoms with E-state index < -0.39 is 0 Å². The maximum Gasteiger partial charge on any atom is 0.268 e. The van der Waals surface area contributed by atoms with Crippen molar-refractivity contribution in [1.29, 1.82) is 0 Å². The number of nitrogens with two attached hydrogens (primary N) is 1. The first-order valence-corrected chi connectivity index (χ1v) is 7.32. The van der Waals surface area contributed by atoms with E-state index in [9.17, 15) is 4.79 Å². The predicted molar refractivity (Wildman–Crippen MR) is 84.5 cm³/mol. The number of rotatable bonds is 4. The maximum absolute atomic E-state index is 12.3. The van der Waals surface area contributed by atoms with Gasteiger partial charge in [0.2, 0.25) is 0 Å². The number of nitrogen functional groups attached to an aromatic ring is 1. The second kappa shape index (κ2) is 6.13. The number of hydrogen-bond donors (Lipinski definition) is 2. The third-order valence-corrected chi connectivity index (χ3v) is 3.74. The number of carbonyl (C=O) groups is 1. The minimum atomic E-state index is -0.112. The average molecular weight is 336 g/mol. The second-order valence-electron chi connectivity index (χ2n) is 4.69. The van der Waals surface area contributed by atoms with Gasteiger partial charge >= 0.3 is 0 Å². The summed E-state index contributed by atoms with van der Waals surface area (Å²) in [6.07, 6.45) is 1.78. The van der Waals surface area contributed by atoms with Crippen LogP contribution in [0.5, 0.6) is 0 Å². The summed E-state index contributed by atoms with van der Waals surface area (Å²) in [5.41, 5.74) is 8.00. The van der Waals surface area contributed by atoms with E-state index in [4.69, 9.17) is 5.73 Å². The number of aromatic nitrogens is 1. The van der Waals surface area contributed by atoms with Gasteiger partial charge in [0.05, 0.1) is 11.7 Å². The summed E-state index contributed by atoms with van der Waals surface area (Å²) in [6.45, 7) is 4.66. The molecule has 0 unspecified atom stereocenters. The highest BCUT2D eigenvalue weighted by Crippen LogP contribution is 2.18. The Labute approximate surface area is 127 Å². The van der Waals surface area contributed by atoms with Gasteiger partial charge in [-0.1, -0.05) is 28.1 Å². The van der Waals surface area contributed by atoms with Gasteiger partial charge in [-0.2, -0.15) is 0 Å². The number of anilines is 1. The number of amides is 1. The molecule has 0 aliphatic carbocycles. The summed E-state index contributed by atoms with van der Waals surface area (Å²) in [5, 5.41) is 2.99. The molecule has 0 radical (unpaired) electrons. The normalized spacial score (nSPS) is 12.2. The number of nitrogens with one attached hydrogen (secondary N) is 1. The van der Waals surface area contributed by atoms with Crippen molar-refractivity contribution in [3.63, 3.8) is 0 Å². The smallest absolute Gasteiger partial charge is 0.268 e. The highest BCUT2D eigenvalue weighted by molar-refractivity contribution is 9.10. The molecule has 4 nitrogen and oxygen atoms in total. The van der Waals surface area contributed by atoms with Gasteiger partial charge in [0.15, 0.2) is 0 Å². The van der Waals surface area contributed by atoms with E-state index in [2.05, 4.69) is 21.2 Å². The predicted octanol–water partition coefficient (Wildman–Crippen LogP) is 3.34. The lowest BCUT2D eigenvalue weighted by molar-refractivity contribution is 0.0930. The van der Waals surface area contributed by atoms with Crippen LogP contribution < -0.4 is 11.1 Å². The fraction of sp³-hybridized carbons (Fsp3) is 0.267. The minimum Gasteiger partial charge on any atom is -0.397 e. The lowest BCUT2D eigenvalue weighted by Crippen LogP contribution is -2.28. The zero-order valence-corrected chi connectivity index (χ0v) is 13.1. The highest BCUT2D eigenvalue weighted by Gasteiger charge is 2.15. The van der Waals surface area contributed by atoms with Gasteiger partial charge in [0.1, 0.15) is 5.69 Å². The molecule has 1 heterocycles. The average Bonchev–Trinajstić information content (AvgIpc) is 2.80. The molecule has 1 atom stereocenters. The zero-order valence-electron chi connectivity index (χ0n) is 11.6. The van der Waals surface area contributed by atoms with Crippen molar-refractivity contribution in [2.24, 2.45) is 0 Å². The van der Waals surface area contributed by atoms with Crippen LogP contribution in [0.1, 0.15) is 35.9 Å². The van der Waals surface area contributed by atoms with Gasteiger partial charge in [-0.3, -0.25) is 4.79 Å². The topological polar surface area (TPSA) is 60.0 Å². The Kier molecular flexibility index (Phi) is 4.49. The van der Waals surface area contributed by atoms with Crippen molar-refractivity contribution >= 4 is 27.5 Å². The van der Waals surface area contributed by atoms with E-state index in [1.54, 1.807) is 12.3 Å². The van der Waals surface area contributed by atoms with Gasteiger partial charge in [0, 0.05) is 17.2 Å². The van der Waals surface area contributed by atoms with Gasteiger partial charge in [0.25, 0.3) is 5.91 Å². The maximum atomic E-state index is 12.3. The molecule has 0 saturated heterocycles. The van der Waals surface area contributed by atoms with Crippen molar-refractivity contribution in [3.8, 4) is 0 Å². The van der Waals surface area contributed by atoms with Gasteiger partial charge in [-0.05, 0) is 37.6 Å². The van der Waals surface area contributed by atoms with E-state index in [1.165, 1.54) is 0 Å². The molecule has 1 aromatic heterocycles. The summed E-state index contributed by atoms with van der Waals surface area (Å²) in [7, 11) is 0. The SMILES string of the molecule is CCn1cc(N)cc1C(=O)N[C@H](C)c1ccc(Br)cc1. The molecule has 0 saturated carbocycles. The molecule has 0 bridgehead atoms. The van der Waals surface area contributed by atoms with Crippen molar-refractivity contribution < 1.29 is 4.79 Å². The van der Waals surface area contributed by atoms with Crippen LogP contribution in [0.2, 0.25) is 0 Å². The summed E-state index contributed by atoms with van der Waals surface area (Å²) in [4.78, 5) is 12.3. The molecule has 1 aromatic carbocycles. The number of benzene rings is 1. The molecule has 0 aliphatic rings. The van der Waals surface area contributed by atoms with Gasteiger partial charge in [-0.25, -0.2) is 0 Å². The monoisotopic (exact) mass is 335 g/mol. The largest absolute Gasteiger partial charge is 0.397 e. The number of nitrogens with zero attached hydrogens (tertiary/aromatic N) is 1. The Bertz CT molecular complexity index is 604. The first-order valence-electron chi connectivity index (χ1n) is 6.53. The molecular formula is C15H18BrN3O. The van der Waals surface area contributed by atoms with Crippen molar-refractivity contribution in [2.75, 3.05) is 5.73 Å². The van der Waals surface area contributed by atoms with E-state index in [0.29, 0.717) is 17.9 Å². The highest BCUT2D eigenvalue weighted by atomic mass is 79.9. The molecule has 5 heteroatoms. The lowest BCUT2D eigenvalue weighted by Gasteiger charge is -2.15. The Morgan fingerprint density at radius 1 is 1.40 bits per heavy atom. The van der Waals surface area contributed by atoms with Crippen molar-refractivity contribution in [2.45, 2.75) is 26.4 Å². The molecule has 0 fully saturated rings. The third-order valence-electron chi connectivity index (χ3n) is 3.21. The van der Waals surface area contributed by atoms with Crippen LogP contribution in [0, 0.1) is 0 Å². The second-order valence-corrected chi connectivity index (χ2v) is 5.61. The van der Waals surface area contributed by atoms with Gasteiger partial charge in [-0.15, -0.1) is 0 Å². The minimum absolute atomic E-state index is 0.0583. The Hall–Kier alpha value is -1.75. The number of carbonyl (C=O) groups excluding carboxylic acids is 1. The molecule has 20 heavy (non-hydrogen) atoms. The van der Waals surface area contributed by atoms with Crippen LogP contribution in [0.3, 0.4) is 0 Å². The van der Waals surface area contributed by atoms with E-state index in [1.807, 2.05) is 42.7 Å². The fourth-order valence-electron chi connectivity index (χ4n) is 2.09. The molecule has 0 aliphatic heterocycles. The van der Waals surface area contributed by atoms with Crippen LogP contribution in [0.15, 0.2) is 41.0 Å². The van der Waals surface area contributed by atoms with Crippen LogP contribution in [0.25, 0.3) is 0 Å². The molecule has 106 valence electrons. The quantitative estimate of drug-likeness (QED) is 0.900. The Morgan fingerprint density at radius 3 is 2.65 bits per heavy atom. The first-order chi connectivity index (χ1) is 9.51. The Balaban J connectivity index is 2.12. The Morgan fingerprint density at radius 2 is 2.05 bits per heavy atom. The summed E-state index contributed by atoms with van der Waals surface area (Å²) in [5.74, 6) is -0.112. The third kappa shape index (κ3) is 3.22. The van der Waals surface area contributed by atoms with Crippen LogP contribution >= 0.6 is 15.9 Å². The first kappa shape index (κ1) is 14.7. The molecule has 1 amide bonds. The van der Waals surface area contributed by atoms with E-state index >= 15 is 0 Å². The molecule has 2 aromatic rings. The summed E-state index contributed by atoms with van der Waals surface area (Å²) in [6, 6.07) is 9.55. The summed E-state index contributed by atoms with van der Waals surface area (Å²) < 4.78 is 2.87. The number of halogens is 1. The van der Waals surface area contributed by atoms with Gasteiger partial charge < -0.3 is 15.6 Å². The van der Waals surface area contributed by atoms with Crippen LogP contribution in [-0.4, -0.2) is 10.5 Å². The summed E-state index contributed by atoms with van der Waals surface area (Å²) >= 11 is 3.40. The lowest BCUT2D eigenvalue weighted by atomic mass is 10.1. The number of hydrogen-bond acceptors (Lipinski definition) is 2. The van der Waals surface area contributed by atoms with Crippen LogP contribution in [-0.2, 0) is 6.54 Å². The zero-order chi connectivity index (χ0) is 14.7. The molecular weight excluding hydrogens is 318 g/mol. The van der Waals surface area contributed by atoms with Crippen molar-refractivity contribution in [3.05, 3.63) is 52.3 Å². The molecule has 2 rings (SSSR count).